The van der Waals surface area contributed by atoms with Gasteiger partial charge in [0.25, 0.3) is 5.91 Å². The zero-order chi connectivity index (χ0) is 20.0. The van der Waals surface area contributed by atoms with Crippen LogP contribution in [0.4, 0.5) is 0 Å². The number of carbonyl (C=O) groups excluding carboxylic acids is 2. The highest BCUT2D eigenvalue weighted by molar-refractivity contribution is 7.89. The third kappa shape index (κ3) is 5.63. The standard InChI is InChI=1S/C19H23N3O4S/c1-14-7-9-15(10-8-14)11-12-18(23)20-21-19(24)16-5-4-6-17(13-16)27(25,26)22(2)3/h4-10,13H,11-12H2,1-3H3,(H,20,23)(H,21,24). The van der Waals surface area contributed by atoms with Gasteiger partial charge in [0.05, 0.1) is 4.90 Å². The third-order valence-corrected chi connectivity index (χ3v) is 5.76. The number of hydrogen-bond acceptors (Lipinski definition) is 4. The molecule has 0 aliphatic rings. The third-order valence-electron chi connectivity index (χ3n) is 3.95. The molecule has 2 rings (SSSR count). The average Bonchev–Trinajstić information content (AvgIpc) is 2.65. The predicted octanol–water partition coefficient (Wildman–Crippen LogP) is 1.64. The number of benzene rings is 2. The first kappa shape index (κ1) is 20.6. The van der Waals surface area contributed by atoms with Crippen LogP contribution in [0.25, 0.3) is 0 Å². The summed E-state index contributed by atoms with van der Waals surface area (Å²) in [6.07, 6.45) is 0.775. The summed E-state index contributed by atoms with van der Waals surface area (Å²) in [4.78, 5) is 24.1. The van der Waals surface area contributed by atoms with Crippen molar-refractivity contribution in [1.82, 2.24) is 15.2 Å². The number of amides is 2. The number of carbonyl (C=O) groups is 2. The Balaban J connectivity index is 1.91. The van der Waals surface area contributed by atoms with E-state index in [1.54, 1.807) is 0 Å². The van der Waals surface area contributed by atoms with Gasteiger partial charge in [-0.2, -0.15) is 0 Å². The molecule has 144 valence electrons. The Labute approximate surface area is 159 Å². The molecule has 27 heavy (non-hydrogen) atoms. The van der Waals surface area contributed by atoms with Crippen molar-refractivity contribution in [2.75, 3.05) is 14.1 Å². The van der Waals surface area contributed by atoms with Crippen molar-refractivity contribution in [1.29, 1.82) is 0 Å². The van der Waals surface area contributed by atoms with E-state index in [2.05, 4.69) is 10.9 Å². The lowest BCUT2D eigenvalue weighted by Crippen LogP contribution is -2.41. The van der Waals surface area contributed by atoms with Crippen LogP contribution in [0.1, 0.15) is 27.9 Å². The number of aryl methyl sites for hydroxylation is 2. The molecule has 0 aliphatic heterocycles. The molecule has 0 saturated heterocycles. The van der Waals surface area contributed by atoms with Gasteiger partial charge in [-0.25, -0.2) is 12.7 Å². The van der Waals surface area contributed by atoms with E-state index in [-0.39, 0.29) is 22.8 Å². The van der Waals surface area contributed by atoms with Crippen molar-refractivity contribution in [3.63, 3.8) is 0 Å². The molecule has 2 aromatic carbocycles. The Kier molecular flexibility index (Phi) is 6.70. The second-order valence-electron chi connectivity index (χ2n) is 6.30. The van der Waals surface area contributed by atoms with Gasteiger partial charge in [-0.3, -0.25) is 20.4 Å². The van der Waals surface area contributed by atoms with Crippen molar-refractivity contribution >= 4 is 21.8 Å². The summed E-state index contributed by atoms with van der Waals surface area (Å²) >= 11 is 0. The number of sulfonamides is 1. The van der Waals surface area contributed by atoms with E-state index in [4.69, 9.17) is 0 Å². The number of nitrogens with zero attached hydrogens (tertiary/aromatic N) is 1. The molecule has 0 aromatic heterocycles. The average molecular weight is 389 g/mol. The fourth-order valence-corrected chi connectivity index (χ4v) is 3.23. The molecule has 0 radical (unpaired) electrons. The van der Waals surface area contributed by atoms with E-state index in [1.807, 2.05) is 31.2 Å². The molecular formula is C19H23N3O4S. The van der Waals surface area contributed by atoms with Crippen molar-refractivity contribution in [3.05, 3.63) is 65.2 Å². The predicted molar refractivity (Wildman–Crippen MR) is 102 cm³/mol. The van der Waals surface area contributed by atoms with Crippen LogP contribution in [0.5, 0.6) is 0 Å². The van der Waals surface area contributed by atoms with Gasteiger partial charge >= 0.3 is 0 Å². The lowest BCUT2D eigenvalue weighted by Gasteiger charge is -2.12. The van der Waals surface area contributed by atoms with Crippen molar-refractivity contribution in [3.8, 4) is 0 Å². The first-order valence-corrected chi connectivity index (χ1v) is 9.81. The molecule has 0 fully saturated rings. The van der Waals surface area contributed by atoms with E-state index in [9.17, 15) is 18.0 Å². The molecular weight excluding hydrogens is 366 g/mol. The van der Waals surface area contributed by atoms with Gasteiger partial charge in [-0.05, 0) is 37.1 Å². The molecule has 0 aliphatic carbocycles. The minimum atomic E-state index is -3.64. The molecule has 7 nitrogen and oxygen atoms in total. The van der Waals surface area contributed by atoms with E-state index < -0.39 is 15.9 Å². The summed E-state index contributed by atoms with van der Waals surface area (Å²) in [6, 6.07) is 13.5. The van der Waals surface area contributed by atoms with Gasteiger partial charge in [0, 0.05) is 26.1 Å². The number of hydrazine groups is 1. The maximum absolute atomic E-state index is 12.2. The van der Waals surface area contributed by atoms with Crippen molar-refractivity contribution in [2.45, 2.75) is 24.7 Å². The molecule has 8 heteroatoms. The van der Waals surface area contributed by atoms with E-state index in [0.717, 1.165) is 15.4 Å². The van der Waals surface area contributed by atoms with Gasteiger partial charge in [-0.1, -0.05) is 35.9 Å². The maximum atomic E-state index is 12.2. The molecule has 0 unspecified atom stereocenters. The highest BCUT2D eigenvalue weighted by atomic mass is 32.2. The normalized spacial score (nSPS) is 11.3. The summed E-state index contributed by atoms with van der Waals surface area (Å²) in [6.45, 7) is 1.99. The van der Waals surface area contributed by atoms with Crippen molar-refractivity contribution < 1.29 is 18.0 Å². The van der Waals surface area contributed by atoms with Crippen LogP contribution in [-0.4, -0.2) is 38.6 Å². The summed E-state index contributed by atoms with van der Waals surface area (Å²) < 4.78 is 25.3. The van der Waals surface area contributed by atoms with E-state index in [0.29, 0.717) is 6.42 Å². The zero-order valence-electron chi connectivity index (χ0n) is 15.5. The number of nitrogens with one attached hydrogen (secondary N) is 2. The number of rotatable bonds is 6. The molecule has 0 atom stereocenters. The quantitative estimate of drug-likeness (QED) is 0.734. The Hall–Kier alpha value is -2.71. The van der Waals surface area contributed by atoms with Crippen molar-refractivity contribution in [2.24, 2.45) is 0 Å². The summed E-state index contributed by atoms with van der Waals surface area (Å²) in [7, 11) is -0.814. The summed E-state index contributed by atoms with van der Waals surface area (Å²) in [5, 5.41) is 0. The molecule has 2 aromatic rings. The van der Waals surface area contributed by atoms with E-state index >= 15 is 0 Å². The Morgan fingerprint density at radius 1 is 1.00 bits per heavy atom. The van der Waals surface area contributed by atoms with Crippen LogP contribution in [0, 0.1) is 6.92 Å². The molecule has 0 heterocycles. The first-order valence-electron chi connectivity index (χ1n) is 8.37. The summed E-state index contributed by atoms with van der Waals surface area (Å²) in [5.41, 5.74) is 6.96. The van der Waals surface area contributed by atoms with Gasteiger partial charge < -0.3 is 0 Å². The van der Waals surface area contributed by atoms with E-state index in [1.165, 1.54) is 38.4 Å². The Morgan fingerprint density at radius 2 is 1.67 bits per heavy atom. The molecule has 2 N–H and O–H groups in total. The minimum Gasteiger partial charge on any atom is -0.273 e. The van der Waals surface area contributed by atoms with Gasteiger partial charge in [0.1, 0.15) is 0 Å². The molecule has 0 bridgehead atoms. The van der Waals surface area contributed by atoms with Crippen LogP contribution in [0.15, 0.2) is 53.4 Å². The second kappa shape index (κ2) is 8.79. The smallest absolute Gasteiger partial charge is 0.269 e. The zero-order valence-corrected chi connectivity index (χ0v) is 16.3. The first-order chi connectivity index (χ1) is 12.7. The fourth-order valence-electron chi connectivity index (χ4n) is 2.28. The molecule has 0 saturated carbocycles. The van der Waals surface area contributed by atoms with Crippen LogP contribution >= 0.6 is 0 Å². The van der Waals surface area contributed by atoms with Gasteiger partial charge in [0.15, 0.2) is 0 Å². The SMILES string of the molecule is Cc1ccc(CCC(=O)NNC(=O)c2cccc(S(=O)(=O)N(C)C)c2)cc1. The topological polar surface area (TPSA) is 95.6 Å². The van der Waals surface area contributed by atoms with Crippen LogP contribution in [-0.2, 0) is 21.2 Å². The fraction of sp³-hybridized carbons (Fsp3) is 0.263. The Bertz CT molecular complexity index is 922. The minimum absolute atomic E-state index is 0.00541. The maximum Gasteiger partial charge on any atom is 0.269 e. The summed E-state index contributed by atoms with van der Waals surface area (Å²) in [5.74, 6) is -0.921. The molecule has 0 spiro atoms. The monoisotopic (exact) mass is 389 g/mol. The van der Waals surface area contributed by atoms with Gasteiger partial charge in [-0.15, -0.1) is 0 Å². The van der Waals surface area contributed by atoms with Gasteiger partial charge in [0.2, 0.25) is 15.9 Å². The largest absolute Gasteiger partial charge is 0.273 e. The molecule has 2 amide bonds. The van der Waals surface area contributed by atoms with Crippen LogP contribution in [0.2, 0.25) is 0 Å². The Morgan fingerprint density at radius 3 is 2.30 bits per heavy atom. The number of hydrogen-bond donors (Lipinski definition) is 2. The van der Waals surface area contributed by atoms with Crippen LogP contribution in [0.3, 0.4) is 0 Å². The second-order valence-corrected chi connectivity index (χ2v) is 8.45. The van der Waals surface area contributed by atoms with Crippen LogP contribution < -0.4 is 10.9 Å². The lowest BCUT2D eigenvalue weighted by atomic mass is 10.1. The highest BCUT2D eigenvalue weighted by Crippen LogP contribution is 2.14. The highest BCUT2D eigenvalue weighted by Gasteiger charge is 2.18. The lowest BCUT2D eigenvalue weighted by molar-refractivity contribution is -0.121.